The first-order valence-electron chi connectivity index (χ1n) is 5.66. The van der Waals surface area contributed by atoms with E-state index in [1.165, 1.54) is 16.8 Å². The van der Waals surface area contributed by atoms with Crippen molar-refractivity contribution < 1.29 is 9.90 Å². The molecule has 0 radical (unpaired) electrons. The predicted molar refractivity (Wildman–Crippen MR) is 77.4 cm³/mol. The van der Waals surface area contributed by atoms with E-state index < -0.39 is 5.97 Å². The molecule has 0 saturated carbocycles. The summed E-state index contributed by atoms with van der Waals surface area (Å²) in [7, 11) is 0. The molecule has 0 aliphatic carbocycles. The Kier molecular flexibility index (Phi) is 4.22. The van der Waals surface area contributed by atoms with Gasteiger partial charge >= 0.3 is 5.97 Å². The van der Waals surface area contributed by atoms with Crippen LogP contribution in [-0.2, 0) is 0 Å². The lowest BCUT2D eigenvalue weighted by Gasteiger charge is -2.11. The minimum absolute atomic E-state index is 0.0570. The molecule has 0 unspecified atom stereocenters. The fraction of sp³-hybridized carbons (Fsp3) is 0.250. The van der Waals surface area contributed by atoms with Gasteiger partial charge in [0, 0.05) is 10.9 Å². The largest absolute Gasteiger partial charge is 0.475 e. The first kappa shape index (κ1) is 15.1. The summed E-state index contributed by atoms with van der Waals surface area (Å²) in [6, 6.07) is 3.02. The van der Waals surface area contributed by atoms with Crippen molar-refractivity contribution in [3.63, 3.8) is 0 Å². The van der Waals surface area contributed by atoms with E-state index in [-0.39, 0.29) is 21.8 Å². The lowest BCUT2D eigenvalue weighted by atomic mass is 10.2. The van der Waals surface area contributed by atoms with Crippen molar-refractivity contribution in [3.8, 4) is 5.69 Å². The van der Waals surface area contributed by atoms with E-state index in [9.17, 15) is 4.79 Å². The molecule has 2 rings (SSSR count). The van der Waals surface area contributed by atoms with Gasteiger partial charge in [-0.3, -0.25) is 0 Å². The molecule has 8 heteroatoms. The molecule has 1 aromatic heterocycles. The lowest BCUT2D eigenvalue weighted by Crippen LogP contribution is -2.06. The summed E-state index contributed by atoms with van der Waals surface area (Å²) in [6.07, 6.45) is 0. The SMILES string of the molecule is CC(C)c1nc(C(=O)O)nn1-c1c(Cl)cc(Cl)cc1Cl. The van der Waals surface area contributed by atoms with E-state index in [0.29, 0.717) is 16.5 Å². The van der Waals surface area contributed by atoms with Crippen molar-refractivity contribution in [2.24, 2.45) is 0 Å². The minimum Gasteiger partial charge on any atom is -0.475 e. The van der Waals surface area contributed by atoms with Gasteiger partial charge in [0.25, 0.3) is 5.82 Å². The minimum atomic E-state index is -1.22. The zero-order chi connectivity index (χ0) is 15.0. The summed E-state index contributed by atoms with van der Waals surface area (Å²) in [5, 5.41) is 13.9. The Hall–Kier alpha value is -1.30. The van der Waals surface area contributed by atoms with Gasteiger partial charge in [-0.2, -0.15) is 0 Å². The second-order valence-electron chi connectivity index (χ2n) is 4.38. The predicted octanol–water partition coefficient (Wildman–Crippen LogP) is 4.05. The highest BCUT2D eigenvalue weighted by Gasteiger charge is 2.22. The summed E-state index contributed by atoms with van der Waals surface area (Å²) in [5.41, 5.74) is 0.362. The van der Waals surface area contributed by atoms with Crippen molar-refractivity contribution in [2.45, 2.75) is 19.8 Å². The van der Waals surface area contributed by atoms with Crippen LogP contribution in [0.4, 0.5) is 0 Å². The average Bonchev–Trinajstić information content (AvgIpc) is 2.72. The van der Waals surface area contributed by atoms with E-state index in [2.05, 4.69) is 10.1 Å². The van der Waals surface area contributed by atoms with E-state index in [4.69, 9.17) is 39.9 Å². The molecular weight excluding hydrogens is 325 g/mol. The van der Waals surface area contributed by atoms with Crippen LogP contribution >= 0.6 is 34.8 Å². The highest BCUT2D eigenvalue weighted by atomic mass is 35.5. The van der Waals surface area contributed by atoms with Gasteiger partial charge in [0.05, 0.1) is 10.0 Å². The summed E-state index contributed by atoms with van der Waals surface area (Å²) in [4.78, 5) is 15.0. The number of carboxylic acid groups (broad SMARTS) is 1. The van der Waals surface area contributed by atoms with Crippen LogP contribution in [0.3, 0.4) is 0 Å². The van der Waals surface area contributed by atoms with Crippen molar-refractivity contribution in [1.29, 1.82) is 0 Å². The zero-order valence-electron chi connectivity index (χ0n) is 10.6. The number of carbonyl (C=O) groups is 1. The summed E-state index contributed by atoms with van der Waals surface area (Å²) < 4.78 is 1.34. The second kappa shape index (κ2) is 5.60. The van der Waals surface area contributed by atoms with Gasteiger partial charge in [0.1, 0.15) is 11.5 Å². The van der Waals surface area contributed by atoms with Crippen LogP contribution in [0.15, 0.2) is 12.1 Å². The number of halogens is 3. The number of carboxylic acids is 1. The Balaban J connectivity index is 2.72. The molecule has 5 nitrogen and oxygen atoms in total. The van der Waals surface area contributed by atoms with Crippen molar-refractivity contribution in [2.75, 3.05) is 0 Å². The van der Waals surface area contributed by atoms with Crippen molar-refractivity contribution in [1.82, 2.24) is 14.8 Å². The number of hydrogen-bond acceptors (Lipinski definition) is 3. The smallest absolute Gasteiger partial charge is 0.375 e. The van der Waals surface area contributed by atoms with Gasteiger partial charge in [-0.1, -0.05) is 48.7 Å². The highest BCUT2D eigenvalue weighted by molar-refractivity contribution is 6.40. The molecule has 1 N–H and O–H groups in total. The number of aromatic nitrogens is 3. The van der Waals surface area contributed by atoms with Crippen molar-refractivity contribution in [3.05, 3.63) is 38.8 Å². The molecule has 20 heavy (non-hydrogen) atoms. The second-order valence-corrected chi connectivity index (χ2v) is 5.63. The molecule has 0 aliphatic rings. The zero-order valence-corrected chi connectivity index (χ0v) is 12.8. The Morgan fingerprint density at radius 2 is 1.80 bits per heavy atom. The number of hydrogen-bond donors (Lipinski definition) is 1. The lowest BCUT2D eigenvalue weighted by molar-refractivity contribution is 0.0683. The molecule has 106 valence electrons. The number of rotatable bonds is 3. The molecule has 0 fully saturated rings. The van der Waals surface area contributed by atoms with E-state index in [1.807, 2.05) is 13.8 Å². The van der Waals surface area contributed by atoms with Crippen LogP contribution in [0, 0.1) is 0 Å². The topological polar surface area (TPSA) is 68.0 Å². The van der Waals surface area contributed by atoms with Gasteiger partial charge in [-0.15, -0.1) is 5.10 Å². The molecule has 0 saturated heterocycles. The van der Waals surface area contributed by atoms with Gasteiger partial charge in [-0.25, -0.2) is 14.5 Å². The van der Waals surface area contributed by atoms with E-state index in [0.717, 1.165) is 0 Å². The molecule has 0 bridgehead atoms. The quantitative estimate of drug-likeness (QED) is 0.919. The Morgan fingerprint density at radius 1 is 1.25 bits per heavy atom. The fourth-order valence-electron chi connectivity index (χ4n) is 1.69. The summed E-state index contributed by atoms with van der Waals surface area (Å²) in [5.74, 6) is -1.13. The molecule has 1 aromatic carbocycles. The van der Waals surface area contributed by atoms with Crippen molar-refractivity contribution >= 4 is 40.8 Å². The van der Waals surface area contributed by atoms with Gasteiger partial charge in [-0.05, 0) is 12.1 Å². The van der Waals surface area contributed by atoms with Gasteiger partial charge in [0.15, 0.2) is 0 Å². The molecule has 0 spiro atoms. The van der Waals surface area contributed by atoms with E-state index >= 15 is 0 Å². The third-order valence-corrected chi connectivity index (χ3v) is 3.33. The van der Waals surface area contributed by atoms with Crippen LogP contribution in [0.25, 0.3) is 5.69 Å². The highest BCUT2D eigenvalue weighted by Crippen LogP contribution is 2.33. The van der Waals surface area contributed by atoms with Crippen LogP contribution in [0.1, 0.15) is 36.2 Å². The maximum absolute atomic E-state index is 11.0. The molecular formula is C12H10Cl3N3O2. The first-order chi connectivity index (χ1) is 9.31. The standard InChI is InChI=1S/C12H10Cl3N3O2/c1-5(2)11-16-10(12(19)20)17-18(11)9-7(14)3-6(13)4-8(9)15/h3-5H,1-2H3,(H,19,20). The third-order valence-electron chi connectivity index (χ3n) is 2.53. The number of benzene rings is 1. The van der Waals surface area contributed by atoms with Crippen LogP contribution in [0.5, 0.6) is 0 Å². The Labute approximate surface area is 130 Å². The normalized spacial score (nSPS) is 11.1. The summed E-state index contributed by atoms with van der Waals surface area (Å²) >= 11 is 18.1. The molecule has 2 aromatic rings. The maximum Gasteiger partial charge on any atom is 0.375 e. The molecule has 0 aliphatic heterocycles. The average molecular weight is 335 g/mol. The monoisotopic (exact) mass is 333 g/mol. The Morgan fingerprint density at radius 3 is 2.25 bits per heavy atom. The molecule has 0 amide bonds. The molecule has 0 atom stereocenters. The van der Waals surface area contributed by atoms with Crippen LogP contribution in [-0.4, -0.2) is 25.8 Å². The third kappa shape index (κ3) is 2.75. The first-order valence-corrected chi connectivity index (χ1v) is 6.79. The number of nitrogens with zero attached hydrogens (tertiary/aromatic N) is 3. The maximum atomic E-state index is 11.0. The van der Waals surface area contributed by atoms with Gasteiger partial charge < -0.3 is 5.11 Å². The Bertz CT molecular complexity index is 660. The number of aromatic carboxylic acids is 1. The van der Waals surface area contributed by atoms with Gasteiger partial charge in [0.2, 0.25) is 0 Å². The van der Waals surface area contributed by atoms with Crippen LogP contribution < -0.4 is 0 Å². The van der Waals surface area contributed by atoms with E-state index in [1.54, 1.807) is 0 Å². The fourth-order valence-corrected chi connectivity index (χ4v) is 2.67. The molecule has 1 heterocycles. The van der Waals surface area contributed by atoms with Crippen LogP contribution in [0.2, 0.25) is 15.1 Å². The summed E-state index contributed by atoms with van der Waals surface area (Å²) in [6.45, 7) is 3.73.